The molecule has 2 N–H and O–H groups in total. The van der Waals surface area contributed by atoms with Crippen molar-refractivity contribution in [1.29, 1.82) is 0 Å². The minimum atomic E-state index is -4.49. The third-order valence-electron chi connectivity index (χ3n) is 6.39. The third kappa shape index (κ3) is 4.65. The van der Waals surface area contributed by atoms with Gasteiger partial charge in [0.2, 0.25) is 0 Å². The zero-order chi connectivity index (χ0) is 20.0. The van der Waals surface area contributed by atoms with E-state index in [1.165, 1.54) is 0 Å². The Hall–Kier alpha value is -0.980. The summed E-state index contributed by atoms with van der Waals surface area (Å²) in [7, 11) is 0. The number of amides is 1. The van der Waals surface area contributed by atoms with Crippen molar-refractivity contribution < 1.29 is 27.8 Å². The first-order valence-electron chi connectivity index (χ1n) is 9.39. The van der Waals surface area contributed by atoms with Crippen LogP contribution in [0.1, 0.15) is 66.7 Å². The topological polar surface area (TPSA) is 58.6 Å². The van der Waals surface area contributed by atoms with Crippen LogP contribution in [0.4, 0.5) is 18.0 Å². The molecule has 2 fully saturated rings. The molecule has 0 aromatic carbocycles. The van der Waals surface area contributed by atoms with Gasteiger partial charge in [0.05, 0.1) is 5.60 Å². The summed E-state index contributed by atoms with van der Waals surface area (Å²) in [5.41, 5.74) is -1.38. The molecule has 2 aliphatic carbocycles. The van der Waals surface area contributed by atoms with Crippen LogP contribution in [0.25, 0.3) is 0 Å². The molecule has 2 aliphatic rings. The molecule has 2 saturated carbocycles. The van der Waals surface area contributed by atoms with Crippen molar-refractivity contribution in [3.05, 3.63) is 0 Å². The Labute approximate surface area is 153 Å². The lowest BCUT2D eigenvalue weighted by Crippen LogP contribution is -2.61. The number of carbonyl (C=O) groups excluding carboxylic acids is 1. The third-order valence-corrected chi connectivity index (χ3v) is 6.39. The maximum atomic E-state index is 12.4. The smallest absolute Gasteiger partial charge is 0.407 e. The van der Waals surface area contributed by atoms with Crippen molar-refractivity contribution in [1.82, 2.24) is 5.32 Å². The Balaban J connectivity index is 2.28. The number of alkyl halides is 3. The number of hydrogen-bond acceptors (Lipinski definition) is 3. The molecule has 5 unspecified atom stereocenters. The molecule has 0 spiro atoms. The molecule has 2 rings (SSSR count). The molecule has 0 aliphatic heterocycles. The van der Waals surface area contributed by atoms with Gasteiger partial charge < -0.3 is 15.2 Å². The van der Waals surface area contributed by atoms with Crippen LogP contribution >= 0.6 is 0 Å². The van der Waals surface area contributed by atoms with Gasteiger partial charge in [-0.2, -0.15) is 13.2 Å². The number of rotatable bonds is 2. The molecular formula is C19H32F3NO3. The van der Waals surface area contributed by atoms with Crippen LogP contribution in [0.15, 0.2) is 0 Å². The number of fused-ring (bicyclic) bond motifs is 1. The van der Waals surface area contributed by atoms with Gasteiger partial charge in [-0.3, -0.25) is 0 Å². The highest BCUT2D eigenvalue weighted by Crippen LogP contribution is 2.58. The monoisotopic (exact) mass is 379 g/mol. The van der Waals surface area contributed by atoms with Crippen LogP contribution in [-0.4, -0.2) is 35.6 Å². The van der Waals surface area contributed by atoms with Gasteiger partial charge in [0.15, 0.2) is 0 Å². The second kappa shape index (κ2) is 6.88. The number of halogens is 3. The van der Waals surface area contributed by atoms with Crippen molar-refractivity contribution in [3.63, 3.8) is 0 Å². The quantitative estimate of drug-likeness (QED) is 0.734. The lowest BCUT2D eigenvalue weighted by atomic mass is 9.50. The number of alkyl carbamates (subject to hydrolysis) is 1. The number of hydrogen-bond donors (Lipinski definition) is 2. The highest BCUT2D eigenvalue weighted by molar-refractivity contribution is 5.67. The van der Waals surface area contributed by atoms with Crippen LogP contribution in [0, 0.1) is 22.7 Å². The molecule has 0 saturated heterocycles. The van der Waals surface area contributed by atoms with Crippen LogP contribution in [-0.2, 0) is 4.74 Å². The van der Waals surface area contributed by atoms with E-state index in [1.807, 2.05) is 26.1 Å². The average Bonchev–Trinajstić information content (AvgIpc) is 2.41. The maximum absolute atomic E-state index is 12.4. The van der Waals surface area contributed by atoms with Crippen LogP contribution in [0.3, 0.4) is 0 Å². The fourth-order valence-electron chi connectivity index (χ4n) is 5.24. The molecule has 7 heteroatoms. The van der Waals surface area contributed by atoms with Gasteiger partial charge in [-0.15, -0.1) is 0 Å². The molecule has 0 aromatic rings. The molecule has 0 bridgehead atoms. The van der Waals surface area contributed by atoms with Gasteiger partial charge in [0.1, 0.15) is 12.6 Å². The van der Waals surface area contributed by atoms with Gasteiger partial charge in [-0.1, -0.05) is 34.1 Å². The highest BCUT2D eigenvalue weighted by Gasteiger charge is 2.58. The summed E-state index contributed by atoms with van der Waals surface area (Å²) >= 11 is 0. The first-order valence-corrected chi connectivity index (χ1v) is 9.39. The van der Waals surface area contributed by atoms with E-state index in [0.29, 0.717) is 6.42 Å². The molecule has 4 nitrogen and oxygen atoms in total. The number of ether oxygens (including phenoxy) is 1. The Kier molecular flexibility index (Phi) is 5.64. The predicted molar refractivity (Wildman–Crippen MR) is 92.6 cm³/mol. The van der Waals surface area contributed by atoms with Crippen molar-refractivity contribution in [2.24, 2.45) is 22.7 Å². The van der Waals surface area contributed by atoms with E-state index in [-0.39, 0.29) is 22.7 Å². The van der Waals surface area contributed by atoms with Gasteiger partial charge in [0.25, 0.3) is 0 Å². The standard InChI is InChI=1S/C19H32F3NO3/c1-16(2,3)12-7-10-17(4)8-6-9-18(5,25)14(17)13(12)26-15(24)23-11-19(20,21)22/h12-14,25H,6-11H2,1-5H3,(H,23,24). The van der Waals surface area contributed by atoms with E-state index in [0.717, 1.165) is 25.7 Å². The summed E-state index contributed by atoms with van der Waals surface area (Å²) in [6.45, 7) is 8.58. The van der Waals surface area contributed by atoms with Crippen molar-refractivity contribution in [3.8, 4) is 0 Å². The van der Waals surface area contributed by atoms with Crippen molar-refractivity contribution in [2.75, 3.05) is 6.54 Å². The summed E-state index contributed by atoms with van der Waals surface area (Å²) in [6, 6.07) is 0. The highest BCUT2D eigenvalue weighted by atomic mass is 19.4. The van der Waals surface area contributed by atoms with E-state index in [1.54, 1.807) is 6.92 Å². The first-order chi connectivity index (χ1) is 11.7. The summed E-state index contributed by atoms with van der Waals surface area (Å²) in [5, 5.41) is 12.9. The second-order valence-corrected chi connectivity index (χ2v) is 9.69. The minimum absolute atomic E-state index is 0.0261. The molecule has 0 heterocycles. The number of carbonyl (C=O) groups is 1. The Morgan fingerprint density at radius 1 is 1.19 bits per heavy atom. The molecule has 26 heavy (non-hydrogen) atoms. The van der Waals surface area contributed by atoms with Gasteiger partial charge in [-0.05, 0) is 43.4 Å². The zero-order valence-corrected chi connectivity index (χ0v) is 16.4. The van der Waals surface area contributed by atoms with Gasteiger partial charge >= 0.3 is 12.3 Å². The van der Waals surface area contributed by atoms with Crippen LogP contribution in [0.2, 0.25) is 0 Å². The maximum Gasteiger partial charge on any atom is 0.407 e. The molecule has 152 valence electrons. The molecular weight excluding hydrogens is 347 g/mol. The molecule has 5 atom stereocenters. The normalized spacial score (nSPS) is 38.4. The lowest BCUT2D eigenvalue weighted by molar-refractivity contribution is -0.192. The summed E-state index contributed by atoms with van der Waals surface area (Å²) < 4.78 is 42.8. The number of nitrogens with one attached hydrogen (secondary N) is 1. The minimum Gasteiger partial charge on any atom is -0.445 e. The second-order valence-electron chi connectivity index (χ2n) is 9.69. The first kappa shape index (κ1) is 21.3. The van der Waals surface area contributed by atoms with E-state index < -0.39 is 30.5 Å². The van der Waals surface area contributed by atoms with E-state index in [9.17, 15) is 23.1 Å². The summed E-state index contributed by atoms with van der Waals surface area (Å²) in [6.07, 6.45) is -2.00. The Bertz CT molecular complexity index is 527. The van der Waals surface area contributed by atoms with E-state index in [4.69, 9.17) is 4.74 Å². The molecule has 0 radical (unpaired) electrons. The van der Waals surface area contributed by atoms with Gasteiger partial charge in [0, 0.05) is 11.8 Å². The van der Waals surface area contributed by atoms with E-state index >= 15 is 0 Å². The largest absolute Gasteiger partial charge is 0.445 e. The van der Waals surface area contributed by atoms with Crippen molar-refractivity contribution in [2.45, 2.75) is 84.6 Å². The molecule has 1 amide bonds. The van der Waals surface area contributed by atoms with Crippen LogP contribution < -0.4 is 5.32 Å². The summed E-state index contributed by atoms with van der Waals surface area (Å²) in [4.78, 5) is 12.1. The van der Waals surface area contributed by atoms with Gasteiger partial charge in [-0.25, -0.2) is 4.79 Å². The lowest BCUT2D eigenvalue weighted by Gasteiger charge is -2.58. The Morgan fingerprint density at radius 2 is 1.81 bits per heavy atom. The number of aliphatic hydroxyl groups is 1. The fourth-order valence-corrected chi connectivity index (χ4v) is 5.24. The zero-order valence-electron chi connectivity index (χ0n) is 16.4. The van der Waals surface area contributed by atoms with Crippen LogP contribution in [0.5, 0.6) is 0 Å². The summed E-state index contributed by atoms with van der Waals surface area (Å²) in [5.74, 6) is -0.319. The average molecular weight is 379 g/mol. The SMILES string of the molecule is CC(C)(C)C1CCC2(C)CCCC(C)(O)C2C1OC(=O)NCC(F)(F)F. The van der Waals surface area contributed by atoms with Crippen molar-refractivity contribution >= 4 is 6.09 Å². The predicted octanol–water partition coefficient (Wildman–Crippen LogP) is 4.66. The molecule has 0 aromatic heterocycles. The Morgan fingerprint density at radius 3 is 2.35 bits per heavy atom. The fraction of sp³-hybridized carbons (Fsp3) is 0.947. The van der Waals surface area contributed by atoms with E-state index in [2.05, 4.69) is 6.92 Å².